The topological polar surface area (TPSA) is 3.24 Å². The van der Waals surface area contributed by atoms with Crippen molar-refractivity contribution in [1.82, 2.24) is 4.90 Å². The number of hydrogen-bond donors (Lipinski definition) is 0. The summed E-state index contributed by atoms with van der Waals surface area (Å²) in [5.74, 6) is -0.156. The van der Waals surface area contributed by atoms with Crippen molar-refractivity contribution in [3.8, 4) is 0 Å². The average molecular weight is 254 g/mol. The summed E-state index contributed by atoms with van der Waals surface area (Å²) in [4.78, 5) is 2.56. The molecular weight excluding hydrogens is 237 g/mol. The molecule has 0 saturated carbocycles. The van der Waals surface area contributed by atoms with Crippen molar-refractivity contribution in [3.63, 3.8) is 0 Å². The van der Waals surface area contributed by atoms with Crippen molar-refractivity contribution in [3.05, 3.63) is 35.6 Å². The van der Waals surface area contributed by atoms with E-state index in [1.165, 1.54) is 18.4 Å². The van der Waals surface area contributed by atoms with Gasteiger partial charge in [0.2, 0.25) is 0 Å². The van der Waals surface area contributed by atoms with Crippen LogP contribution in [-0.4, -0.2) is 22.4 Å². The molecule has 1 aromatic rings. The summed E-state index contributed by atoms with van der Waals surface area (Å²) in [7, 11) is 0. The van der Waals surface area contributed by atoms with E-state index in [9.17, 15) is 4.39 Å². The molecule has 2 bridgehead atoms. The van der Waals surface area contributed by atoms with E-state index in [1.807, 2.05) is 12.1 Å². The number of rotatable bonds is 2. The summed E-state index contributed by atoms with van der Waals surface area (Å²) in [6.45, 7) is 0.944. The first-order valence-electron chi connectivity index (χ1n) is 6.36. The van der Waals surface area contributed by atoms with Crippen LogP contribution in [-0.2, 0) is 6.54 Å². The second-order valence-electron chi connectivity index (χ2n) is 5.25. The molecule has 1 nitrogen and oxygen atoms in total. The third-order valence-electron chi connectivity index (χ3n) is 4.11. The number of hydrogen-bond acceptors (Lipinski definition) is 1. The van der Waals surface area contributed by atoms with E-state index >= 15 is 0 Å². The smallest absolute Gasteiger partial charge is 0.123 e. The lowest BCUT2D eigenvalue weighted by Crippen LogP contribution is -2.42. The molecule has 2 saturated heterocycles. The van der Waals surface area contributed by atoms with Gasteiger partial charge in [0.25, 0.3) is 0 Å². The van der Waals surface area contributed by atoms with Gasteiger partial charge in [-0.25, -0.2) is 4.39 Å². The molecule has 2 atom stereocenters. The van der Waals surface area contributed by atoms with Crippen molar-refractivity contribution in [2.75, 3.05) is 0 Å². The molecule has 0 aromatic heterocycles. The van der Waals surface area contributed by atoms with Crippen LogP contribution in [0.2, 0.25) is 0 Å². The Kier molecular flexibility index (Phi) is 3.10. The zero-order valence-electron chi connectivity index (χ0n) is 9.78. The van der Waals surface area contributed by atoms with Crippen LogP contribution in [0, 0.1) is 5.82 Å². The van der Waals surface area contributed by atoms with Gasteiger partial charge in [-0.05, 0) is 43.4 Å². The molecule has 0 amide bonds. The van der Waals surface area contributed by atoms with Gasteiger partial charge in [-0.15, -0.1) is 11.6 Å². The molecule has 0 N–H and O–H groups in total. The minimum absolute atomic E-state index is 0.156. The third-order valence-corrected chi connectivity index (χ3v) is 4.46. The molecule has 2 aliphatic heterocycles. The Morgan fingerprint density at radius 3 is 2.29 bits per heavy atom. The van der Waals surface area contributed by atoms with Crippen LogP contribution < -0.4 is 0 Å². The fraction of sp³-hybridized carbons (Fsp3) is 0.571. The highest BCUT2D eigenvalue weighted by atomic mass is 35.5. The van der Waals surface area contributed by atoms with E-state index in [0.29, 0.717) is 17.5 Å². The predicted molar refractivity (Wildman–Crippen MR) is 67.6 cm³/mol. The summed E-state index contributed by atoms with van der Waals surface area (Å²) >= 11 is 6.26. The standard InChI is InChI=1S/C14H17ClFN/c15-11-7-13-5-6-14(8-11)17(13)9-10-1-3-12(16)4-2-10/h1-4,11,13-14H,5-9H2. The quantitative estimate of drug-likeness (QED) is 0.729. The van der Waals surface area contributed by atoms with E-state index in [4.69, 9.17) is 11.6 Å². The fourth-order valence-corrected chi connectivity index (χ4v) is 3.68. The number of nitrogens with zero attached hydrogens (tertiary/aromatic N) is 1. The van der Waals surface area contributed by atoms with Crippen molar-refractivity contribution in [1.29, 1.82) is 0 Å². The molecule has 2 heterocycles. The van der Waals surface area contributed by atoms with E-state index < -0.39 is 0 Å². The monoisotopic (exact) mass is 253 g/mol. The van der Waals surface area contributed by atoms with Crippen LogP contribution in [0.15, 0.2) is 24.3 Å². The van der Waals surface area contributed by atoms with Crippen molar-refractivity contribution in [2.45, 2.75) is 49.7 Å². The Labute approximate surface area is 107 Å². The zero-order valence-corrected chi connectivity index (χ0v) is 10.5. The Hall–Kier alpha value is -0.600. The molecule has 0 aliphatic carbocycles. The Balaban J connectivity index is 1.72. The largest absolute Gasteiger partial charge is 0.293 e. The van der Waals surface area contributed by atoms with Crippen LogP contribution in [0.25, 0.3) is 0 Å². The number of halogens is 2. The van der Waals surface area contributed by atoms with E-state index in [-0.39, 0.29) is 5.82 Å². The zero-order chi connectivity index (χ0) is 11.8. The van der Waals surface area contributed by atoms with Gasteiger partial charge >= 0.3 is 0 Å². The van der Waals surface area contributed by atoms with Gasteiger partial charge in [0.1, 0.15) is 5.82 Å². The highest BCUT2D eigenvalue weighted by Crippen LogP contribution is 2.38. The lowest BCUT2D eigenvalue weighted by molar-refractivity contribution is 0.134. The minimum atomic E-state index is -0.156. The second-order valence-corrected chi connectivity index (χ2v) is 5.87. The van der Waals surface area contributed by atoms with Crippen LogP contribution in [0.1, 0.15) is 31.2 Å². The maximum atomic E-state index is 12.9. The number of benzene rings is 1. The van der Waals surface area contributed by atoms with Gasteiger partial charge in [0.15, 0.2) is 0 Å². The second kappa shape index (κ2) is 4.58. The first-order chi connectivity index (χ1) is 8.22. The number of piperidine rings is 1. The van der Waals surface area contributed by atoms with Crippen LogP contribution in [0.4, 0.5) is 4.39 Å². The van der Waals surface area contributed by atoms with Gasteiger partial charge < -0.3 is 0 Å². The maximum absolute atomic E-state index is 12.9. The summed E-state index contributed by atoms with van der Waals surface area (Å²) < 4.78 is 12.9. The van der Waals surface area contributed by atoms with Crippen molar-refractivity contribution in [2.24, 2.45) is 0 Å². The summed E-state index contributed by atoms with van der Waals surface area (Å²) in [6, 6.07) is 8.16. The maximum Gasteiger partial charge on any atom is 0.123 e. The highest BCUT2D eigenvalue weighted by Gasteiger charge is 2.39. The Morgan fingerprint density at radius 2 is 1.71 bits per heavy atom. The molecule has 2 fully saturated rings. The average Bonchev–Trinajstić information content (AvgIpc) is 2.56. The van der Waals surface area contributed by atoms with Gasteiger partial charge in [-0.2, -0.15) is 0 Å². The summed E-state index contributed by atoms with van der Waals surface area (Å²) in [5.41, 5.74) is 1.20. The molecule has 1 aromatic carbocycles. The van der Waals surface area contributed by atoms with Crippen LogP contribution in [0.5, 0.6) is 0 Å². The van der Waals surface area contributed by atoms with E-state index in [0.717, 1.165) is 19.4 Å². The first-order valence-corrected chi connectivity index (χ1v) is 6.80. The molecule has 2 unspecified atom stereocenters. The molecule has 0 spiro atoms. The molecule has 17 heavy (non-hydrogen) atoms. The normalized spacial score (nSPS) is 32.9. The summed E-state index contributed by atoms with van der Waals surface area (Å²) in [5, 5.41) is 0.358. The van der Waals surface area contributed by atoms with Gasteiger partial charge in [0, 0.05) is 24.0 Å². The van der Waals surface area contributed by atoms with E-state index in [1.54, 1.807) is 12.1 Å². The Morgan fingerprint density at radius 1 is 1.12 bits per heavy atom. The highest BCUT2D eigenvalue weighted by molar-refractivity contribution is 6.20. The predicted octanol–water partition coefficient (Wildman–Crippen LogP) is 3.56. The third kappa shape index (κ3) is 2.34. The van der Waals surface area contributed by atoms with E-state index in [2.05, 4.69) is 4.90 Å². The van der Waals surface area contributed by atoms with Crippen LogP contribution in [0.3, 0.4) is 0 Å². The van der Waals surface area contributed by atoms with Gasteiger partial charge in [-0.3, -0.25) is 4.90 Å². The van der Waals surface area contributed by atoms with Crippen LogP contribution >= 0.6 is 11.6 Å². The molecular formula is C14H17ClFN. The molecule has 2 aliphatic rings. The van der Waals surface area contributed by atoms with Gasteiger partial charge in [0.05, 0.1) is 0 Å². The SMILES string of the molecule is Fc1ccc(CN2C3CCC2CC(Cl)C3)cc1. The summed E-state index contributed by atoms with van der Waals surface area (Å²) in [6.07, 6.45) is 4.77. The van der Waals surface area contributed by atoms with Gasteiger partial charge in [-0.1, -0.05) is 12.1 Å². The number of alkyl halides is 1. The lowest BCUT2D eigenvalue weighted by atomic mass is 10.0. The molecule has 3 rings (SSSR count). The Bertz CT molecular complexity index is 378. The molecule has 0 radical (unpaired) electrons. The minimum Gasteiger partial charge on any atom is -0.293 e. The lowest BCUT2D eigenvalue weighted by Gasteiger charge is -2.37. The molecule has 92 valence electrons. The first kappa shape index (κ1) is 11.5. The number of fused-ring (bicyclic) bond motifs is 2. The molecule has 3 heteroatoms. The van der Waals surface area contributed by atoms with Crippen molar-refractivity contribution >= 4 is 11.6 Å². The van der Waals surface area contributed by atoms with Crippen molar-refractivity contribution < 1.29 is 4.39 Å². The fourth-order valence-electron chi connectivity index (χ4n) is 3.27.